The van der Waals surface area contributed by atoms with Crippen LogP contribution in [0.4, 0.5) is 5.82 Å². The summed E-state index contributed by atoms with van der Waals surface area (Å²) in [5.74, 6) is 1.24. The van der Waals surface area contributed by atoms with Crippen molar-refractivity contribution in [2.45, 2.75) is 25.4 Å². The van der Waals surface area contributed by atoms with Crippen LogP contribution in [-0.4, -0.2) is 51.1 Å². The maximum absolute atomic E-state index is 12.0. The van der Waals surface area contributed by atoms with Crippen molar-refractivity contribution in [3.05, 3.63) is 42.4 Å². The van der Waals surface area contributed by atoms with Crippen molar-refractivity contribution in [2.75, 3.05) is 25.0 Å². The second-order valence-electron chi connectivity index (χ2n) is 8.18. The van der Waals surface area contributed by atoms with Crippen molar-refractivity contribution < 1.29 is 9.53 Å². The first-order chi connectivity index (χ1) is 15.6. The summed E-state index contributed by atoms with van der Waals surface area (Å²) in [4.78, 5) is 18.3. The van der Waals surface area contributed by atoms with E-state index in [0.29, 0.717) is 30.4 Å². The Kier molecular flexibility index (Phi) is 5.18. The third-order valence-corrected chi connectivity index (χ3v) is 5.77. The fourth-order valence-corrected chi connectivity index (χ4v) is 3.94. The van der Waals surface area contributed by atoms with Crippen LogP contribution in [-0.2, 0) is 4.79 Å². The molecule has 1 aliphatic heterocycles. The van der Waals surface area contributed by atoms with Crippen molar-refractivity contribution >= 4 is 17.2 Å². The van der Waals surface area contributed by atoms with Gasteiger partial charge in [0.05, 0.1) is 24.3 Å². The average Bonchev–Trinajstić information content (AvgIpc) is 3.44. The predicted octanol–water partition coefficient (Wildman–Crippen LogP) is 2.59. The number of fused-ring (bicyclic) bond motifs is 1. The zero-order valence-electron chi connectivity index (χ0n) is 17.4. The number of carbonyl (C=O) groups is 1. The van der Waals surface area contributed by atoms with Gasteiger partial charge >= 0.3 is 0 Å². The van der Waals surface area contributed by atoms with E-state index in [4.69, 9.17) is 10.00 Å². The van der Waals surface area contributed by atoms with Gasteiger partial charge < -0.3 is 10.1 Å². The molecule has 1 amide bonds. The third kappa shape index (κ3) is 4.11. The molecule has 0 radical (unpaired) electrons. The van der Waals surface area contributed by atoms with Crippen molar-refractivity contribution in [1.29, 1.82) is 10.5 Å². The van der Waals surface area contributed by atoms with E-state index in [1.165, 1.54) is 0 Å². The Morgan fingerprint density at radius 1 is 1.25 bits per heavy atom. The number of pyridine rings is 2. The summed E-state index contributed by atoms with van der Waals surface area (Å²) in [5.41, 5.74) is 2.74. The molecule has 3 aromatic heterocycles. The summed E-state index contributed by atoms with van der Waals surface area (Å²) in [6.07, 6.45) is 6.06. The second-order valence-corrected chi connectivity index (χ2v) is 8.18. The first kappa shape index (κ1) is 20.0. The van der Waals surface area contributed by atoms with Crippen LogP contribution in [0.25, 0.3) is 16.6 Å². The molecule has 0 bridgehead atoms. The van der Waals surface area contributed by atoms with Gasteiger partial charge in [-0.2, -0.15) is 15.6 Å². The third-order valence-electron chi connectivity index (χ3n) is 5.77. The monoisotopic (exact) mass is 427 g/mol. The van der Waals surface area contributed by atoms with E-state index in [0.717, 1.165) is 42.5 Å². The second kappa shape index (κ2) is 8.29. The summed E-state index contributed by atoms with van der Waals surface area (Å²) < 4.78 is 7.94. The minimum Gasteiger partial charge on any atom is -0.487 e. The molecule has 1 N–H and O–H groups in total. The van der Waals surface area contributed by atoms with E-state index < -0.39 is 0 Å². The number of nitrogens with one attached hydrogen (secondary N) is 1. The molecule has 2 fully saturated rings. The quantitative estimate of drug-likeness (QED) is 0.601. The van der Waals surface area contributed by atoms with E-state index in [-0.39, 0.29) is 17.9 Å². The van der Waals surface area contributed by atoms with Gasteiger partial charge in [0.15, 0.2) is 5.82 Å². The molecular weight excluding hydrogens is 406 g/mol. The van der Waals surface area contributed by atoms with Gasteiger partial charge in [0.25, 0.3) is 0 Å². The standard InChI is InChI=1S/C23H21N7O2/c24-5-8-29-6-4-19(14-29)32-21-13-26-17(12-25)10-20(21)16-3-7-30-18(9-16)11-22(28-30)27-23(31)15-1-2-15/h3,7,9-11,13,15,19H,1-2,4,6,8,14H2,(H,27,28,31)/t19-/m1/s1. The van der Waals surface area contributed by atoms with Gasteiger partial charge in [0.1, 0.15) is 23.6 Å². The fraction of sp³-hybridized carbons (Fsp3) is 0.348. The minimum absolute atomic E-state index is 0.0131. The molecule has 32 heavy (non-hydrogen) atoms. The van der Waals surface area contributed by atoms with Crippen LogP contribution in [0.3, 0.4) is 0 Å². The van der Waals surface area contributed by atoms with Gasteiger partial charge in [-0.25, -0.2) is 9.50 Å². The van der Waals surface area contributed by atoms with Crippen LogP contribution in [0.15, 0.2) is 36.7 Å². The van der Waals surface area contributed by atoms with Crippen LogP contribution in [0.2, 0.25) is 0 Å². The lowest BCUT2D eigenvalue weighted by Gasteiger charge is -2.17. The number of rotatable bonds is 6. The number of hydrogen-bond acceptors (Lipinski definition) is 7. The van der Waals surface area contributed by atoms with Crippen molar-refractivity contribution in [1.82, 2.24) is 19.5 Å². The molecule has 0 aromatic carbocycles. The highest BCUT2D eigenvalue weighted by atomic mass is 16.5. The number of aromatic nitrogens is 3. The number of hydrogen-bond donors (Lipinski definition) is 1. The normalized spacial score (nSPS) is 18.2. The maximum atomic E-state index is 12.0. The first-order valence-electron chi connectivity index (χ1n) is 10.6. The van der Waals surface area contributed by atoms with E-state index in [1.54, 1.807) is 16.8 Å². The Labute approximate surface area is 184 Å². The summed E-state index contributed by atoms with van der Waals surface area (Å²) in [6, 6.07) is 11.6. The van der Waals surface area contributed by atoms with Gasteiger partial charge in [0.2, 0.25) is 5.91 Å². The molecule has 1 saturated carbocycles. The average molecular weight is 427 g/mol. The Balaban J connectivity index is 1.43. The number of anilines is 1. The van der Waals surface area contributed by atoms with Crippen LogP contribution in [0.1, 0.15) is 25.0 Å². The number of nitriles is 2. The molecule has 2 aliphatic rings. The zero-order valence-corrected chi connectivity index (χ0v) is 17.4. The largest absolute Gasteiger partial charge is 0.487 e. The highest BCUT2D eigenvalue weighted by molar-refractivity contribution is 5.93. The van der Waals surface area contributed by atoms with Crippen molar-refractivity contribution in [2.24, 2.45) is 5.92 Å². The number of amides is 1. The highest BCUT2D eigenvalue weighted by Gasteiger charge is 2.30. The zero-order chi connectivity index (χ0) is 22.1. The first-order valence-corrected chi connectivity index (χ1v) is 10.6. The molecule has 160 valence electrons. The smallest absolute Gasteiger partial charge is 0.228 e. The summed E-state index contributed by atoms with van der Waals surface area (Å²) in [5, 5.41) is 25.5. The lowest BCUT2D eigenvalue weighted by atomic mass is 10.1. The van der Waals surface area contributed by atoms with Gasteiger partial charge in [-0.15, -0.1) is 0 Å². The Morgan fingerprint density at radius 2 is 2.12 bits per heavy atom. The molecule has 1 aliphatic carbocycles. The number of nitrogens with zero attached hydrogens (tertiary/aromatic N) is 6. The molecule has 0 unspecified atom stereocenters. The van der Waals surface area contributed by atoms with Crippen LogP contribution < -0.4 is 10.1 Å². The highest BCUT2D eigenvalue weighted by Crippen LogP contribution is 2.33. The van der Waals surface area contributed by atoms with Gasteiger partial charge in [-0.1, -0.05) is 0 Å². The van der Waals surface area contributed by atoms with E-state index in [9.17, 15) is 10.1 Å². The van der Waals surface area contributed by atoms with Crippen LogP contribution in [0.5, 0.6) is 5.75 Å². The predicted molar refractivity (Wildman–Crippen MR) is 116 cm³/mol. The molecular formula is C23H21N7O2. The van der Waals surface area contributed by atoms with E-state index in [2.05, 4.69) is 32.4 Å². The fourth-order valence-electron chi connectivity index (χ4n) is 3.94. The van der Waals surface area contributed by atoms with Gasteiger partial charge in [-0.3, -0.25) is 9.69 Å². The van der Waals surface area contributed by atoms with Crippen molar-refractivity contribution in [3.63, 3.8) is 0 Å². The lowest BCUT2D eigenvalue weighted by molar-refractivity contribution is -0.117. The molecule has 0 spiro atoms. The Bertz CT molecular complexity index is 1270. The topological polar surface area (TPSA) is 119 Å². The molecule has 3 aromatic rings. The number of ether oxygens (including phenoxy) is 1. The van der Waals surface area contributed by atoms with E-state index >= 15 is 0 Å². The van der Waals surface area contributed by atoms with Gasteiger partial charge in [0, 0.05) is 36.8 Å². The maximum Gasteiger partial charge on any atom is 0.228 e. The number of carbonyl (C=O) groups excluding carboxylic acids is 1. The van der Waals surface area contributed by atoms with Crippen LogP contribution in [0, 0.1) is 28.6 Å². The molecule has 5 rings (SSSR count). The van der Waals surface area contributed by atoms with E-state index in [1.807, 2.05) is 24.4 Å². The lowest BCUT2D eigenvalue weighted by Crippen LogP contribution is -2.25. The molecule has 9 nitrogen and oxygen atoms in total. The Morgan fingerprint density at radius 3 is 2.91 bits per heavy atom. The SMILES string of the molecule is N#CCN1CC[C@@H](Oc2cnc(C#N)cc2-c2ccn3nc(NC(=O)C4CC4)cc3c2)C1. The molecule has 4 heterocycles. The summed E-state index contributed by atoms with van der Waals surface area (Å²) in [6.45, 7) is 1.88. The molecule has 9 heteroatoms. The summed E-state index contributed by atoms with van der Waals surface area (Å²) >= 11 is 0. The molecule has 1 saturated heterocycles. The minimum atomic E-state index is -0.0419. The summed E-state index contributed by atoms with van der Waals surface area (Å²) in [7, 11) is 0. The Hall–Kier alpha value is -3.95. The number of likely N-dealkylation sites (tertiary alicyclic amines) is 1. The molecule has 1 atom stereocenters. The van der Waals surface area contributed by atoms with Crippen LogP contribution >= 0.6 is 0 Å². The van der Waals surface area contributed by atoms with Crippen molar-refractivity contribution in [3.8, 4) is 29.0 Å². The van der Waals surface area contributed by atoms with Gasteiger partial charge in [-0.05, 0) is 43.0 Å².